The lowest BCUT2D eigenvalue weighted by atomic mass is 9.92. The first-order chi connectivity index (χ1) is 16.4. The van der Waals surface area contributed by atoms with Gasteiger partial charge in [0, 0.05) is 37.1 Å². The van der Waals surface area contributed by atoms with Gasteiger partial charge in [0.1, 0.15) is 0 Å². The summed E-state index contributed by atoms with van der Waals surface area (Å²) in [5.41, 5.74) is 1.11. The minimum absolute atomic E-state index is 0.0742. The van der Waals surface area contributed by atoms with Crippen molar-refractivity contribution in [2.45, 2.75) is 38.8 Å². The molecule has 10 heteroatoms. The second-order valence-corrected chi connectivity index (χ2v) is 9.14. The van der Waals surface area contributed by atoms with Gasteiger partial charge >= 0.3 is 6.01 Å². The smallest absolute Gasteiger partial charge is 0.322 e. The lowest BCUT2D eigenvalue weighted by Gasteiger charge is -2.39. The highest BCUT2D eigenvalue weighted by Crippen LogP contribution is 2.40. The molecule has 3 aromatic rings. The van der Waals surface area contributed by atoms with Gasteiger partial charge in [0.15, 0.2) is 11.6 Å². The van der Waals surface area contributed by atoms with E-state index in [1.165, 1.54) is 12.1 Å². The van der Waals surface area contributed by atoms with Gasteiger partial charge in [0.25, 0.3) is 0 Å². The number of hydrogen-bond acceptors (Lipinski definition) is 7. The number of hydrogen-bond donors (Lipinski definition) is 1. The van der Waals surface area contributed by atoms with Crippen molar-refractivity contribution in [1.29, 1.82) is 0 Å². The Morgan fingerprint density at radius 2 is 1.88 bits per heavy atom. The second kappa shape index (κ2) is 9.08. The van der Waals surface area contributed by atoms with Crippen molar-refractivity contribution in [1.82, 2.24) is 19.7 Å². The van der Waals surface area contributed by atoms with Crippen LogP contribution in [0.25, 0.3) is 0 Å². The molecule has 0 amide bonds. The fourth-order valence-electron chi connectivity index (χ4n) is 4.96. The van der Waals surface area contributed by atoms with Crippen LogP contribution < -0.4 is 19.7 Å². The fraction of sp³-hybridized carbons (Fsp3) is 0.458. The van der Waals surface area contributed by atoms with Gasteiger partial charge in [0.05, 0.1) is 13.2 Å². The van der Waals surface area contributed by atoms with Crippen molar-refractivity contribution in [2.75, 3.05) is 30.4 Å². The van der Waals surface area contributed by atoms with E-state index in [2.05, 4.69) is 25.3 Å². The molecule has 2 fully saturated rings. The monoisotopic (exact) mass is 470 g/mol. The van der Waals surface area contributed by atoms with E-state index in [1.807, 2.05) is 26.0 Å². The number of fused-ring (bicyclic) bond motifs is 2. The van der Waals surface area contributed by atoms with E-state index in [4.69, 9.17) is 9.47 Å². The molecule has 0 unspecified atom stereocenters. The second-order valence-electron chi connectivity index (χ2n) is 9.14. The maximum absolute atomic E-state index is 14.1. The number of benzene rings is 1. The summed E-state index contributed by atoms with van der Waals surface area (Å²) < 4.78 is 40.2. The van der Waals surface area contributed by atoms with Crippen molar-refractivity contribution in [2.24, 2.45) is 11.8 Å². The molecule has 2 aliphatic rings. The molecule has 8 nitrogen and oxygen atoms in total. The van der Waals surface area contributed by atoms with Gasteiger partial charge < -0.3 is 19.7 Å². The maximum Gasteiger partial charge on any atom is 0.322 e. The minimum Gasteiger partial charge on any atom is -0.481 e. The first-order valence-electron chi connectivity index (χ1n) is 11.5. The molecule has 2 aromatic heterocycles. The van der Waals surface area contributed by atoms with Crippen LogP contribution in [0, 0.1) is 23.5 Å². The molecule has 1 saturated carbocycles. The molecular weight excluding hydrogens is 442 g/mol. The van der Waals surface area contributed by atoms with Crippen LogP contribution >= 0.6 is 0 Å². The van der Waals surface area contributed by atoms with Crippen LogP contribution in [0.4, 0.5) is 20.4 Å². The third kappa shape index (κ3) is 4.24. The van der Waals surface area contributed by atoms with E-state index in [0.29, 0.717) is 23.7 Å². The maximum atomic E-state index is 14.1. The summed E-state index contributed by atoms with van der Waals surface area (Å²) in [4.78, 5) is 11.1. The zero-order valence-corrected chi connectivity index (χ0v) is 19.4. The van der Waals surface area contributed by atoms with Crippen LogP contribution in [0.15, 0.2) is 36.5 Å². The lowest BCUT2D eigenvalue weighted by molar-refractivity contribution is 0.352. The summed E-state index contributed by atoms with van der Waals surface area (Å²) in [5.74, 6) is -0.350. The molecule has 0 spiro atoms. The highest BCUT2D eigenvalue weighted by molar-refractivity contribution is 5.49. The van der Waals surface area contributed by atoms with Crippen LogP contribution in [-0.2, 0) is 0 Å². The van der Waals surface area contributed by atoms with Gasteiger partial charge in [-0.15, -0.1) is 5.10 Å². The summed E-state index contributed by atoms with van der Waals surface area (Å²) in [5, 5.41) is 8.07. The zero-order valence-electron chi connectivity index (χ0n) is 19.4. The molecule has 1 aromatic carbocycles. The van der Waals surface area contributed by atoms with E-state index in [-0.39, 0.29) is 23.8 Å². The number of pyridine rings is 1. The molecule has 0 radical (unpaired) electrons. The number of nitrogens with one attached hydrogen (secondary N) is 1. The van der Waals surface area contributed by atoms with Gasteiger partial charge in [-0.25, -0.2) is 14.1 Å². The predicted octanol–water partition coefficient (Wildman–Crippen LogP) is 4.66. The molecule has 5 rings (SSSR count). The predicted molar refractivity (Wildman–Crippen MR) is 123 cm³/mol. The number of aromatic nitrogens is 4. The van der Waals surface area contributed by atoms with Crippen LogP contribution in [0.2, 0.25) is 0 Å². The molecule has 180 valence electrons. The third-order valence-corrected chi connectivity index (χ3v) is 6.63. The quantitative estimate of drug-likeness (QED) is 0.538. The molecule has 1 aliphatic heterocycles. The summed E-state index contributed by atoms with van der Waals surface area (Å²) in [6.45, 7) is 5.67. The Hall–Kier alpha value is -3.43. The van der Waals surface area contributed by atoms with Crippen molar-refractivity contribution < 1.29 is 18.3 Å². The Kier molecular flexibility index (Phi) is 5.97. The highest BCUT2D eigenvalue weighted by Gasteiger charge is 2.42. The first-order valence-corrected chi connectivity index (χ1v) is 11.5. The van der Waals surface area contributed by atoms with E-state index in [9.17, 15) is 8.78 Å². The van der Waals surface area contributed by atoms with Crippen molar-refractivity contribution in [3.05, 3.63) is 48.2 Å². The molecule has 34 heavy (non-hydrogen) atoms. The number of anilines is 2. The third-order valence-electron chi connectivity index (χ3n) is 6.63. The topological polar surface area (TPSA) is 77.3 Å². The fourth-order valence-corrected chi connectivity index (χ4v) is 4.96. The average Bonchev–Trinajstić information content (AvgIpc) is 3.32. The van der Waals surface area contributed by atoms with Crippen LogP contribution in [-0.4, -0.2) is 46.0 Å². The number of ether oxygens (including phenoxy) is 2. The van der Waals surface area contributed by atoms with Gasteiger partial charge in [0.2, 0.25) is 17.6 Å². The number of nitrogens with zero attached hydrogens (tertiary/aromatic N) is 5. The molecule has 3 heterocycles. The Morgan fingerprint density at radius 3 is 2.59 bits per heavy atom. The lowest BCUT2D eigenvalue weighted by Crippen LogP contribution is -2.48. The van der Waals surface area contributed by atoms with Crippen molar-refractivity contribution in [3.63, 3.8) is 0 Å². The summed E-state index contributed by atoms with van der Waals surface area (Å²) in [7, 11) is 1.62. The Bertz CT molecular complexity index is 1160. The Labute approximate surface area is 196 Å². The molecular formula is C24H28F2N6O2. The van der Waals surface area contributed by atoms with Crippen molar-refractivity contribution >= 4 is 11.6 Å². The zero-order chi connectivity index (χ0) is 23.8. The van der Waals surface area contributed by atoms with Gasteiger partial charge in [-0.1, -0.05) is 6.07 Å². The van der Waals surface area contributed by atoms with E-state index in [0.717, 1.165) is 37.7 Å². The van der Waals surface area contributed by atoms with E-state index < -0.39 is 11.6 Å². The van der Waals surface area contributed by atoms with E-state index >= 15 is 0 Å². The largest absolute Gasteiger partial charge is 0.481 e. The summed E-state index contributed by atoms with van der Waals surface area (Å²) in [6, 6.07) is 8.06. The van der Waals surface area contributed by atoms with Gasteiger partial charge in [-0.05, 0) is 56.7 Å². The van der Waals surface area contributed by atoms with Gasteiger partial charge in [-0.2, -0.15) is 9.37 Å². The Morgan fingerprint density at radius 1 is 1.12 bits per heavy atom. The molecule has 2 bridgehead atoms. The van der Waals surface area contributed by atoms with E-state index in [1.54, 1.807) is 18.0 Å². The standard InChI is InChI=1S/C24H28F2N6O2/c1-14(2)32-24(34-19-6-4-5-18(25)21(19)26)29-23(30-32)28-22-15-7-8-16(22)13-31(12-15)17-9-10-27-20(11-17)33-3/h4-6,9-11,14-16,22H,7-8,12-13H2,1-3H3,(H,28,30)/t15-,16+,22+. The molecule has 1 aliphatic carbocycles. The first kappa shape index (κ1) is 22.4. The highest BCUT2D eigenvalue weighted by atomic mass is 19.2. The number of halogens is 2. The summed E-state index contributed by atoms with van der Waals surface area (Å²) in [6.07, 6.45) is 4.00. The SMILES string of the molecule is COc1cc(N2C[C@H]3CC[C@@H](C2)[C@H]3Nc2nc(Oc3cccc(F)c3F)n(C(C)C)n2)ccn1. The van der Waals surface area contributed by atoms with Gasteiger partial charge in [-0.3, -0.25) is 0 Å². The van der Waals surface area contributed by atoms with Crippen LogP contribution in [0.1, 0.15) is 32.7 Å². The number of rotatable bonds is 7. The van der Waals surface area contributed by atoms with Crippen LogP contribution in [0.5, 0.6) is 17.6 Å². The normalized spacial score (nSPS) is 21.7. The number of methoxy groups -OCH3 is 1. The molecule has 1 N–H and O–H groups in total. The molecule has 3 atom stereocenters. The summed E-state index contributed by atoms with van der Waals surface area (Å²) >= 11 is 0. The Balaban J connectivity index is 1.33. The number of piperidine rings is 1. The minimum atomic E-state index is -1.05. The molecule has 1 saturated heterocycles. The average molecular weight is 471 g/mol. The van der Waals surface area contributed by atoms with Crippen LogP contribution in [0.3, 0.4) is 0 Å². The van der Waals surface area contributed by atoms with Crippen molar-refractivity contribution in [3.8, 4) is 17.6 Å².